The highest BCUT2D eigenvalue weighted by Crippen LogP contribution is 2.38. The molecule has 2 heterocycles. The monoisotopic (exact) mass is 418 g/mol. The third-order valence-corrected chi connectivity index (χ3v) is 5.98. The van der Waals surface area contributed by atoms with Crippen LogP contribution in [0.15, 0.2) is 60.9 Å². The lowest BCUT2D eigenvalue weighted by Gasteiger charge is -2.27. The molecule has 4 rings (SSSR count). The van der Waals surface area contributed by atoms with Gasteiger partial charge in [0.2, 0.25) is 0 Å². The van der Waals surface area contributed by atoms with Gasteiger partial charge >= 0.3 is 0 Å². The highest BCUT2D eigenvalue weighted by molar-refractivity contribution is 5.68. The summed E-state index contributed by atoms with van der Waals surface area (Å²) in [6.07, 6.45) is 5.79. The highest BCUT2D eigenvalue weighted by Gasteiger charge is 2.23. The Hall–Kier alpha value is -3.05. The first-order valence-corrected chi connectivity index (χ1v) is 10.8. The third kappa shape index (κ3) is 5.00. The second-order valence-electron chi connectivity index (χ2n) is 7.96. The molecule has 3 aromatic rings. The molecule has 0 saturated carbocycles. The van der Waals surface area contributed by atoms with Crippen LogP contribution in [0.4, 0.5) is 0 Å². The molecule has 31 heavy (non-hydrogen) atoms. The van der Waals surface area contributed by atoms with Crippen molar-refractivity contribution in [2.75, 3.05) is 27.4 Å². The molecule has 5 nitrogen and oxygen atoms in total. The number of fused-ring (bicyclic) bond motifs is 1. The smallest absolute Gasteiger partial charge is 0.165 e. The van der Waals surface area contributed by atoms with Gasteiger partial charge in [0.25, 0.3) is 0 Å². The van der Waals surface area contributed by atoms with E-state index < -0.39 is 0 Å². The molecule has 162 valence electrons. The van der Waals surface area contributed by atoms with E-state index in [4.69, 9.17) is 14.2 Å². The maximum atomic E-state index is 6.13. The van der Waals surface area contributed by atoms with E-state index in [9.17, 15) is 0 Å². The van der Waals surface area contributed by atoms with Crippen molar-refractivity contribution in [3.05, 3.63) is 72.1 Å². The molecule has 5 heteroatoms. The molecular formula is C26H30N2O3. The van der Waals surface area contributed by atoms with Gasteiger partial charge < -0.3 is 14.2 Å². The van der Waals surface area contributed by atoms with Crippen LogP contribution in [0.1, 0.15) is 24.5 Å². The summed E-state index contributed by atoms with van der Waals surface area (Å²) in [6.45, 7) is 4.69. The van der Waals surface area contributed by atoms with Crippen LogP contribution in [0.5, 0.6) is 17.2 Å². The van der Waals surface area contributed by atoms with Gasteiger partial charge in [0.05, 0.1) is 14.2 Å². The number of methoxy groups -OCH3 is 2. The van der Waals surface area contributed by atoms with E-state index in [0.717, 1.165) is 59.9 Å². The molecule has 1 aliphatic heterocycles. The van der Waals surface area contributed by atoms with Gasteiger partial charge in [-0.3, -0.25) is 9.88 Å². The van der Waals surface area contributed by atoms with E-state index in [2.05, 4.69) is 41.1 Å². The first kappa shape index (κ1) is 21.2. The van der Waals surface area contributed by atoms with Crippen molar-refractivity contribution >= 4 is 0 Å². The maximum absolute atomic E-state index is 6.13. The van der Waals surface area contributed by atoms with Crippen molar-refractivity contribution in [2.45, 2.75) is 32.4 Å². The Morgan fingerprint density at radius 3 is 2.61 bits per heavy atom. The second kappa shape index (κ2) is 9.84. The maximum Gasteiger partial charge on any atom is 0.165 e. The van der Waals surface area contributed by atoms with E-state index >= 15 is 0 Å². The van der Waals surface area contributed by atoms with Gasteiger partial charge in [-0.25, -0.2) is 0 Å². The fourth-order valence-electron chi connectivity index (χ4n) is 4.08. The quantitative estimate of drug-likeness (QED) is 0.541. The summed E-state index contributed by atoms with van der Waals surface area (Å²) in [6, 6.07) is 17.1. The number of rotatable bonds is 7. The molecule has 1 aromatic heterocycles. The van der Waals surface area contributed by atoms with Crippen LogP contribution in [0.3, 0.4) is 0 Å². The first-order chi connectivity index (χ1) is 15.2. The van der Waals surface area contributed by atoms with Gasteiger partial charge in [-0.1, -0.05) is 18.2 Å². The van der Waals surface area contributed by atoms with Crippen molar-refractivity contribution in [3.63, 3.8) is 0 Å². The predicted molar refractivity (Wildman–Crippen MR) is 123 cm³/mol. The van der Waals surface area contributed by atoms with Gasteiger partial charge in [-0.2, -0.15) is 0 Å². The number of ether oxygens (including phenoxy) is 3. The number of hydrogen-bond acceptors (Lipinski definition) is 5. The van der Waals surface area contributed by atoms with Crippen molar-refractivity contribution < 1.29 is 14.2 Å². The zero-order valence-electron chi connectivity index (χ0n) is 18.5. The first-order valence-electron chi connectivity index (χ1n) is 10.8. The van der Waals surface area contributed by atoms with E-state index in [1.54, 1.807) is 20.4 Å². The second-order valence-corrected chi connectivity index (χ2v) is 7.96. The molecular weight excluding hydrogens is 388 g/mol. The Labute approximate surface area is 184 Å². The molecule has 0 amide bonds. The number of aryl methyl sites for hydroxylation is 1. The lowest BCUT2D eigenvalue weighted by Crippen LogP contribution is -2.34. The van der Waals surface area contributed by atoms with Gasteiger partial charge in [0.1, 0.15) is 12.4 Å². The van der Waals surface area contributed by atoms with Crippen LogP contribution < -0.4 is 14.2 Å². The van der Waals surface area contributed by atoms with Crippen LogP contribution in [0.25, 0.3) is 11.1 Å². The minimum Gasteiger partial charge on any atom is -0.497 e. The van der Waals surface area contributed by atoms with Gasteiger partial charge in [-0.15, -0.1) is 0 Å². The fourth-order valence-corrected chi connectivity index (χ4v) is 4.08. The normalized spacial score (nSPS) is 14.8. The minimum absolute atomic E-state index is 0.435. The van der Waals surface area contributed by atoms with Crippen molar-refractivity contribution in [1.82, 2.24) is 9.88 Å². The predicted octanol–water partition coefficient (Wildman–Crippen LogP) is 4.98. The van der Waals surface area contributed by atoms with Crippen LogP contribution in [-0.4, -0.2) is 43.3 Å². The average Bonchev–Trinajstić information content (AvgIpc) is 3.05. The largest absolute Gasteiger partial charge is 0.497 e. The topological polar surface area (TPSA) is 43.8 Å². The van der Waals surface area contributed by atoms with Gasteiger partial charge in [0.15, 0.2) is 11.5 Å². The zero-order chi connectivity index (χ0) is 21.6. The number of aromatic nitrogens is 1. The summed E-state index contributed by atoms with van der Waals surface area (Å²) >= 11 is 0. The Balaban J connectivity index is 1.51. The van der Waals surface area contributed by atoms with Crippen molar-refractivity contribution in [3.8, 4) is 28.4 Å². The summed E-state index contributed by atoms with van der Waals surface area (Å²) < 4.78 is 17.1. The molecule has 2 aromatic carbocycles. The fraction of sp³-hybridized carbons (Fsp3) is 0.346. The lowest BCUT2D eigenvalue weighted by molar-refractivity contribution is 0.171. The zero-order valence-corrected chi connectivity index (χ0v) is 18.5. The Kier molecular flexibility index (Phi) is 6.73. The molecule has 0 spiro atoms. The summed E-state index contributed by atoms with van der Waals surface area (Å²) in [4.78, 5) is 6.77. The Bertz CT molecular complexity index is 990. The standard InChI is InChI=1S/C26H30N2O3/c1-19(6-7-20-8-10-24(29-2)11-9-20)28-13-14-31-26-23(18-28)15-22(16-25(26)30-3)21-5-4-12-27-17-21/h4-5,8-12,15-17,19H,6-7,13-14,18H2,1-3H3/t19-/m0/s1. The molecule has 1 aliphatic rings. The molecule has 1 atom stereocenters. The van der Waals surface area contributed by atoms with Crippen LogP contribution in [0.2, 0.25) is 0 Å². The molecule has 0 fully saturated rings. The van der Waals surface area contributed by atoms with Crippen LogP contribution >= 0.6 is 0 Å². The number of benzene rings is 2. The molecule has 0 unspecified atom stereocenters. The SMILES string of the molecule is COc1ccc(CC[C@H](C)N2CCOc3c(cc(-c4cccnc4)cc3OC)C2)cc1. The van der Waals surface area contributed by atoms with E-state index in [1.807, 2.05) is 30.5 Å². The Morgan fingerprint density at radius 1 is 1.06 bits per heavy atom. The summed E-state index contributed by atoms with van der Waals surface area (Å²) in [5.41, 5.74) is 4.67. The lowest BCUT2D eigenvalue weighted by atomic mass is 10.0. The molecule has 0 aliphatic carbocycles. The molecule has 0 bridgehead atoms. The number of pyridine rings is 1. The van der Waals surface area contributed by atoms with Gasteiger partial charge in [0, 0.05) is 42.7 Å². The molecule has 0 saturated heterocycles. The minimum atomic E-state index is 0.435. The van der Waals surface area contributed by atoms with E-state index in [0.29, 0.717) is 12.6 Å². The average molecular weight is 419 g/mol. The van der Waals surface area contributed by atoms with Crippen LogP contribution in [0, 0.1) is 0 Å². The number of nitrogens with zero attached hydrogens (tertiary/aromatic N) is 2. The van der Waals surface area contributed by atoms with Gasteiger partial charge in [-0.05, 0) is 61.2 Å². The molecule has 0 N–H and O–H groups in total. The third-order valence-electron chi connectivity index (χ3n) is 5.98. The summed E-state index contributed by atoms with van der Waals surface area (Å²) in [5.74, 6) is 2.54. The summed E-state index contributed by atoms with van der Waals surface area (Å²) in [5, 5.41) is 0. The number of hydrogen-bond donors (Lipinski definition) is 0. The van der Waals surface area contributed by atoms with E-state index in [1.165, 1.54) is 5.56 Å². The van der Waals surface area contributed by atoms with Crippen LogP contribution in [-0.2, 0) is 13.0 Å². The molecule has 0 radical (unpaired) electrons. The van der Waals surface area contributed by atoms with Crippen molar-refractivity contribution in [2.24, 2.45) is 0 Å². The van der Waals surface area contributed by atoms with Crippen molar-refractivity contribution in [1.29, 1.82) is 0 Å². The summed E-state index contributed by atoms with van der Waals surface area (Å²) in [7, 11) is 3.40. The van der Waals surface area contributed by atoms with E-state index in [-0.39, 0.29) is 0 Å². The highest BCUT2D eigenvalue weighted by atomic mass is 16.5. The Morgan fingerprint density at radius 2 is 1.90 bits per heavy atom.